The Labute approximate surface area is 198 Å². The molecule has 8 nitrogen and oxygen atoms in total. The Kier molecular flexibility index (Phi) is 6.96. The van der Waals surface area contributed by atoms with E-state index in [0.717, 1.165) is 29.6 Å². The molecule has 0 saturated heterocycles. The van der Waals surface area contributed by atoms with Gasteiger partial charge < -0.3 is 24.1 Å². The molecule has 2 heterocycles. The smallest absolute Gasteiger partial charge is 0.229 e. The van der Waals surface area contributed by atoms with Crippen LogP contribution in [0.1, 0.15) is 36.5 Å². The van der Waals surface area contributed by atoms with Crippen molar-refractivity contribution in [2.75, 3.05) is 26.6 Å². The van der Waals surface area contributed by atoms with Gasteiger partial charge in [-0.25, -0.2) is 4.98 Å². The van der Waals surface area contributed by atoms with Crippen LogP contribution in [-0.4, -0.2) is 41.6 Å². The molecule has 0 amide bonds. The van der Waals surface area contributed by atoms with E-state index in [2.05, 4.69) is 17.2 Å². The molecule has 2 aromatic carbocycles. The molecule has 176 valence electrons. The second kappa shape index (κ2) is 10.2. The number of carbonyl (C=O) groups is 1. The summed E-state index contributed by atoms with van der Waals surface area (Å²) >= 11 is 0. The fourth-order valence-corrected chi connectivity index (χ4v) is 3.78. The number of nitrogens with zero attached hydrogens (tertiary/aromatic N) is 3. The molecule has 0 fully saturated rings. The highest BCUT2D eigenvalue weighted by Gasteiger charge is 2.15. The van der Waals surface area contributed by atoms with Crippen LogP contribution in [0, 0.1) is 0 Å². The molecule has 4 rings (SSSR count). The van der Waals surface area contributed by atoms with E-state index in [4.69, 9.17) is 19.2 Å². The molecule has 4 aromatic rings. The molecule has 0 atom stereocenters. The summed E-state index contributed by atoms with van der Waals surface area (Å²) in [4.78, 5) is 21.7. The van der Waals surface area contributed by atoms with E-state index in [0.29, 0.717) is 40.9 Å². The van der Waals surface area contributed by atoms with Crippen LogP contribution in [0.3, 0.4) is 0 Å². The van der Waals surface area contributed by atoms with Gasteiger partial charge in [-0.15, -0.1) is 0 Å². The average molecular weight is 461 g/mol. The van der Waals surface area contributed by atoms with E-state index < -0.39 is 0 Å². The molecular formula is C26H28N4O4. The van der Waals surface area contributed by atoms with Gasteiger partial charge in [0.1, 0.15) is 5.65 Å². The van der Waals surface area contributed by atoms with Gasteiger partial charge in [-0.3, -0.25) is 4.79 Å². The molecule has 0 radical (unpaired) electrons. The van der Waals surface area contributed by atoms with Crippen molar-refractivity contribution >= 4 is 28.5 Å². The minimum absolute atomic E-state index is 0.152. The molecule has 1 N–H and O–H groups in total. The van der Waals surface area contributed by atoms with E-state index >= 15 is 0 Å². The Morgan fingerprint density at radius 3 is 2.47 bits per heavy atom. The van der Waals surface area contributed by atoms with Gasteiger partial charge in [-0.1, -0.05) is 25.5 Å². The lowest BCUT2D eigenvalue weighted by molar-refractivity contribution is 0.0979. The van der Waals surface area contributed by atoms with Gasteiger partial charge in [0, 0.05) is 53.3 Å². The lowest BCUT2D eigenvalue weighted by atomic mass is 10.1. The third kappa shape index (κ3) is 4.66. The molecule has 8 heteroatoms. The van der Waals surface area contributed by atoms with Gasteiger partial charge in [-0.2, -0.15) is 4.98 Å². The summed E-state index contributed by atoms with van der Waals surface area (Å²) in [5, 5.41) is 4.10. The number of hydrogen-bond acceptors (Lipinski definition) is 7. The van der Waals surface area contributed by atoms with Crippen molar-refractivity contribution in [3.8, 4) is 22.9 Å². The number of methoxy groups -OCH3 is 3. The number of anilines is 2. The Balaban J connectivity index is 1.67. The summed E-state index contributed by atoms with van der Waals surface area (Å²) in [6, 6.07) is 13.2. The van der Waals surface area contributed by atoms with Crippen molar-refractivity contribution in [1.82, 2.24) is 14.5 Å². The number of nitrogens with one attached hydrogen (secondary N) is 1. The highest BCUT2D eigenvalue weighted by atomic mass is 16.5. The normalized spacial score (nSPS) is 10.8. The first-order valence-corrected chi connectivity index (χ1v) is 11.1. The van der Waals surface area contributed by atoms with Gasteiger partial charge in [0.15, 0.2) is 17.3 Å². The van der Waals surface area contributed by atoms with Gasteiger partial charge in [0.2, 0.25) is 11.7 Å². The quantitative estimate of drug-likeness (QED) is 0.310. The molecule has 0 unspecified atom stereocenters. The van der Waals surface area contributed by atoms with Crippen molar-refractivity contribution in [2.45, 2.75) is 26.2 Å². The van der Waals surface area contributed by atoms with Crippen molar-refractivity contribution in [3.63, 3.8) is 0 Å². The molecule has 0 aliphatic heterocycles. The molecular weight excluding hydrogens is 432 g/mol. The maximum absolute atomic E-state index is 12.5. The predicted octanol–water partition coefficient (Wildman–Crippen LogP) is 5.56. The zero-order valence-electron chi connectivity index (χ0n) is 19.8. The van der Waals surface area contributed by atoms with E-state index in [1.165, 1.54) is 0 Å². The van der Waals surface area contributed by atoms with Gasteiger partial charge in [-0.05, 0) is 24.6 Å². The summed E-state index contributed by atoms with van der Waals surface area (Å²) in [6.45, 7) is 2.08. The SMILES string of the molecule is CCCCC(=O)c1cccc(-n2ccc3cnc(Nc4cc(OC)c(OC)c(OC)c4)nc32)c1. The Hall–Kier alpha value is -4.07. The monoisotopic (exact) mass is 460 g/mol. The third-order valence-corrected chi connectivity index (χ3v) is 5.55. The first-order valence-electron chi connectivity index (χ1n) is 11.1. The van der Waals surface area contributed by atoms with Crippen LogP contribution in [0.4, 0.5) is 11.6 Å². The standard InChI is InChI=1S/C26H28N4O4/c1-5-6-10-21(31)17-8-7-9-20(13-17)30-12-11-18-16-27-26(29-25(18)30)28-19-14-22(32-2)24(34-4)23(15-19)33-3/h7-9,11-16H,5-6,10H2,1-4H3,(H,27,28,29). The van der Waals surface area contributed by atoms with E-state index in [-0.39, 0.29) is 5.78 Å². The third-order valence-electron chi connectivity index (χ3n) is 5.55. The number of carbonyl (C=O) groups excluding carboxylic acids is 1. The van der Waals surface area contributed by atoms with Crippen LogP contribution in [0.25, 0.3) is 16.7 Å². The lowest BCUT2D eigenvalue weighted by Gasteiger charge is -2.14. The van der Waals surface area contributed by atoms with E-state index in [9.17, 15) is 4.79 Å². The van der Waals surface area contributed by atoms with Crippen LogP contribution in [-0.2, 0) is 0 Å². The maximum atomic E-state index is 12.5. The number of hydrogen-bond donors (Lipinski definition) is 1. The number of rotatable bonds is 10. The second-order valence-electron chi connectivity index (χ2n) is 7.77. The molecule has 0 bridgehead atoms. The fraction of sp³-hybridized carbons (Fsp3) is 0.269. The van der Waals surface area contributed by atoms with Crippen LogP contribution in [0.5, 0.6) is 17.2 Å². The highest BCUT2D eigenvalue weighted by Crippen LogP contribution is 2.40. The second-order valence-corrected chi connectivity index (χ2v) is 7.77. The number of unbranched alkanes of at least 4 members (excludes halogenated alkanes) is 1. The molecule has 0 aliphatic rings. The number of Topliss-reactive ketones (excluding diaryl/α,β-unsaturated/α-hetero) is 1. The number of ether oxygens (including phenoxy) is 3. The molecule has 0 spiro atoms. The molecule has 34 heavy (non-hydrogen) atoms. The van der Waals surface area contributed by atoms with Crippen molar-refractivity contribution in [2.24, 2.45) is 0 Å². The molecule has 0 aliphatic carbocycles. The summed E-state index contributed by atoms with van der Waals surface area (Å²) < 4.78 is 18.2. The predicted molar refractivity (Wildman–Crippen MR) is 132 cm³/mol. The first-order chi connectivity index (χ1) is 16.6. The lowest BCUT2D eigenvalue weighted by Crippen LogP contribution is -2.03. The van der Waals surface area contributed by atoms with E-state index in [1.54, 1.807) is 39.7 Å². The largest absolute Gasteiger partial charge is 0.493 e. The number of benzene rings is 2. The number of ketones is 1. The Morgan fingerprint density at radius 2 is 1.79 bits per heavy atom. The van der Waals surface area contributed by atoms with Crippen molar-refractivity contribution < 1.29 is 19.0 Å². The Morgan fingerprint density at radius 1 is 1.03 bits per heavy atom. The summed E-state index contributed by atoms with van der Waals surface area (Å²) in [7, 11) is 4.69. The Bertz CT molecular complexity index is 1290. The van der Waals surface area contributed by atoms with Gasteiger partial charge >= 0.3 is 0 Å². The van der Waals surface area contributed by atoms with Crippen molar-refractivity contribution in [3.05, 3.63) is 60.4 Å². The van der Waals surface area contributed by atoms with Gasteiger partial charge in [0.05, 0.1) is 21.3 Å². The van der Waals surface area contributed by atoms with Crippen molar-refractivity contribution in [1.29, 1.82) is 0 Å². The minimum Gasteiger partial charge on any atom is -0.493 e. The first kappa shape index (κ1) is 23.1. The zero-order valence-corrected chi connectivity index (χ0v) is 19.8. The highest BCUT2D eigenvalue weighted by molar-refractivity contribution is 5.96. The van der Waals surface area contributed by atoms with Crippen LogP contribution < -0.4 is 19.5 Å². The minimum atomic E-state index is 0.152. The van der Waals surface area contributed by atoms with Crippen LogP contribution >= 0.6 is 0 Å². The number of aromatic nitrogens is 3. The maximum Gasteiger partial charge on any atom is 0.229 e. The fourth-order valence-electron chi connectivity index (χ4n) is 3.78. The summed E-state index contributed by atoms with van der Waals surface area (Å²) in [5.74, 6) is 2.13. The van der Waals surface area contributed by atoms with E-state index in [1.807, 2.05) is 41.1 Å². The van der Waals surface area contributed by atoms with Gasteiger partial charge in [0.25, 0.3) is 0 Å². The topological polar surface area (TPSA) is 87.5 Å². The molecule has 2 aromatic heterocycles. The zero-order chi connectivity index (χ0) is 24.1. The summed E-state index contributed by atoms with van der Waals surface area (Å²) in [5.41, 5.74) is 2.99. The van der Waals surface area contributed by atoms with Crippen LogP contribution in [0.2, 0.25) is 0 Å². The molecule has 0 saturated carbocycles. The summed E-state index contributed by atoms with van der Waals surface area (Å²) in [6.07, 6.45) is 6.12. The number of fused-ring (bicyclic) bond motifs is 1. The average Bonchev–Trinajstić information content (AvgIpc) is 3.30. The van der Waals surface area contributed by atoms with Crippen LogP contribution in [0.15, 0.2) is 54.9 Å².